The number of fused-ring (bicyclic) bond motifs is 7. The molecule has 2 spiro atoms. The van der Waals surface area contributed by atoms with Gasteiger partial charge in [-0.25, -0.2) is 9.98 Å². The van der Waals surface area contributed by atoms with Crippen LogP contribution in [0.4, 0.5) is 5.00 Å². The van der Waals surface area contributed by atoms with E-state index in [0.717, 1.165) is 61.8 Å². The van der Waals surface area contributed by atoms with Crippen LogP contribution in [0.2, 0.25) is 0 Å². The summed E-state index contributed by atoms with van der Waals surface area (Å²) in [5.74, 6) is 0. The molecular formula is C28H22N6S2. The zero-order chi connectivity index (χ0) is 24.9. The van der Waals surface area contributed by atoms with Gasteiger partial charge in [0.05, 0.1) is 10.4 Å². The van der Waals surface area contributed by atoms with Gasteiger partial charge in [-0.1, -0.05) is 38.5 Å². The van der Waals surface area contributed by atoms with Gasteiger partial charge in [-0.05, 0) is 54.5 Å². The third-order valence-corrected chi connectivity index (χ3v) is 10.7. The van der Waals surface area contributed by atoms with Gasteiger partial charge < -0.3 is 0 Å². The fourth-order valence-corrected chi connectivity index (χ4v) is 9.85. The topological polar surface area (TPSA) is 120 Å². The lowest BCUT2D eigenvalue weighted by molar-refractivity contribution is 0.322. The highest BCUT2D eigenvalue weighted by molar-refractivity contribution is 7.30. The molecule has 0 saturated heterocycles. The number of aliphatic imine (C=N–C) groups is 2. The van der Waals surface area contributed by atoms with Crippen LogP contribution in [0.15, 0.2) is 33.4 Å². The van der Waals surface area contributed by atoms with Gasteiger partial charge in [-0.15, -0.1) is 22.7 Å². The molecule has 0 N–H and O–H groups in total. The molecule has 2 fully saturated rings. The van der Waals surface area contributed by atoms with E-state index >= 15 is 0 Å². The molecule has 4 aliphatic carbocycles. The summed E-state index contributed by atoms with van der Waals surface area (Å²) >= 11 is 3.39. The first-order valence-corrected chi connectivity index (χ1v) is 14.1. The second-order valence-corrected chi connectivity index (χ2v) is 12.1. The lowest BCUT2D eigenvalue weighted by Crippen LogP contribution is -2.28. The third-order valence-electron chi connectivity index (χ3n) is 8.38. The number of hydrogen-bond acceptors (Lipinski definition) is 8. The Morgan fingerprint density at radius 3 is 1.94 bits per heavy atom. The van der Waals surface area contributed by atoms with Crippen molar-refractivity contribution in [1.82, 2.24) is 0 Å². The molecule has 0 bridgehead atoms. The van der Waals surface area contributed by atoms with E-state index in [9.17, 15) is 21.0 Å². The highest BCUT2D eigenvalue weighted by atomic mass is 32.1. The fraction of sp³-hybridized carbons (Fsp3) is 0.429. The maximum Gasteiger partial charge on any atom is 0.219 e. The van der Waals surface area contributed by atoms with Crippen LogP contribution >= 0.6 is 22.7 Å². The van der Waals surface area contributed by atoms with Crippen LogP contribution in [-0.2, 0) is 5.41 Å². The predicted octanol–water partition coefficient (Wildman–Crippen LogP) is 7.39. The molecule has 0 aromatic carbocycles. The van der Waals surface area contributed by atoms with Crippen molar-refractivity contribution in [2.75, 3.05) is 0 Å². The summed E-state index contributed by atoms with van der Waals surface area (Å²) < 4.78 is 2.40. The molecule has 2 saturated carbocycles. The van der Waals surface area contributed by atoms with Crippen molar-refractivity contribution in [2.24, 2.45) is 15.4 Å². The van der Waals surface area contributed by atoms with Crippen LogP contribution in [0.25, 0.3) is 15.0 Å². The predicted molar refractivity (Wildman–Crippen MR) is 142 cm³/mol. The molecule has 4 aliphatic rings. The summed E-state index contributed by atoms with van der Waals surface area (Å²) in [6, 6.07) is 9.73. The molecule has 0 unspecified atom stereocenters. The van der Waals surface area contributed by atoms with Crippen LogP contribution in [-0.4, -0.2) is 11.4 Å². The largest absolute Gasteiger partial charge is 0.231 e. The highest BCUT2D eigenvalue weighted by Gasteiger charge is 2.57. The third kappa shape index (κ3) is 3.09. The Balaban J connectivity index is 1.59. The molecule has 2 aromatic rings. The van der Waals surface area contributed by atoms with E-state index in [-0.39, 0.29) is 22.3 Å². The van der Waals surface area contributed by atoms with Gasteiger partial charge >= 0.3 is 0 Å². The SMILES string of the molecule is N#CC(C#N)=NC1=CC2=C(c3sc4cc(N=C(C#N)C#N)sc4c3C23CCCCC3)C12CCCCC2. The van der Waals surface area contributed by atoms with Gasteiger partial charge in [-0.2, -0.15) is 21.0 Å². The molecule has 6 nitrogen and oxygen atoms in total. The number of allylic oxidation sites excluding steroid dienone is 3. The monoisotopic (exact) mass is 506 g/mol. The van der Waals surface area contributed by atoms with Gasteiger partial charge in [0, 0.05) is 20.4 Å². The first kappa shape index (κ1) is 22.9. The Kier molecular flexibility index (Phi) is 5.42. The molecule has 8 heteroatoms. The molecule has 0 aliphatic heterocycles. The van der Waals surface area contributed by atoms with Crippen LogP contribution in [0.1, 0.15) is 74.6 Å². The lowest BCUT2D eigenvalue weighted by atomic mass is 9.67. The molecule has 0 radical (unpaired) electrons. The quantitative estimate of drug-likeness (QED) is 0.394. The average Bonchev–Trinajstić information content (AvgIpc) is 3.60. The second-order valence-electron chi connectivity index (χ2n) is 10.1. The van der Waals surface area contributed by atoms with Gasteiger partial charge in [0.25, 0.3) is 0 Å². The minimum Gasteiger partial charge on any atom is -0.231 e. The lowest BCUT2D eigenvalue weighted by Gasteiger charge is -2.37. The summed E-state index contributed by atoms with van der Waals surface area (Å²) in [4.78, 5) is 10.3. The molecule has 2 heterocycles. The zero-order valence-electron chi connectivity index (χ0n) is 19.7. The van der Waals surface area contributed by atoms with Crippen molar-refractivity contribution < 1.29 is 0 Å². The van der Waals surface area contributed by atoms with Gasteiger partial charge in [0.2, 0.25) is 11.4 Å². The fourth-order valence-electron chi connectivity index (χ4n) is 6.98. The molecule has 2 aromatic heterocycles. The van der Waals surface area contributed by atoms with E-state index in [4.69, 9.17) is 0 Å². The molecule has 0 amide bonds. The smallest absolute Gasteiger partial charge is 0.219 e. The normalized spacial score (nSPS) is 20.6. The van der Waals surface area contributed by atoms with Crippen molar-refractivity contribution >= 4 is 54.1 Å². The van der Waals surface area contributed by atoms with Crippen molar-refractivity contribution in [2.45, 2.75) is 69.6 Å². The Bertz CT molecular complexity index is 1550. The molecule has 0 atom stereocenters. The number of hydrogen-bond donors (Lipinski definition) is 0. The van der Waals surface area contributed by atoms with Crippen LogP contribution < -0.4 is 0 Å². The highest BCUT2D eigenvalue weighted by Crippen LogP contribution is 2.70. The van der Waals surface area contributed by atoms with Crippen LogP contribution in [0, 0.1) is 50.7 Å². The van der Waals surface area contributed by atoms with Crippen molar-refractivity contribution in [3.63, 3.8) is 0 Å². The first-order chi connectivity index (χ1) is 17.6. The van der Waals surface area contributed by atoms with Crippen LogP contribution in [0.3, 0.4) is 0 Å². The number of nitrogens with zero attached hydrogens (tertiary/aromatic N) is 6. The average molecular weight is 507 g/mol. The number of rotatable bonds is 2. The van der Waals surface area contributed by atoms with E-state index < -0.39 is 0 Å². The minimum absolute atomic E-state index is 0.0641. The van der Waals surface area contributed by atoms with E-state index in [2.05, 4.69) is 16.1 Å². The second kappa shape index (κ2) is 8.53. The zero-order valence-corrected chi connectivity index (χ0v) is 21.4. The summed E-state index contributed by atoms with van der Waals surface area (Å²) in [5.41, 5.74) is 4.61. The summed E-state index contributed by atoms with van der Waals surface area (Å²) in [5, 5.41) is 38.0. The van der Waals surface area contributed by atoms with Crippen molar-refractivity contribution in [1.29, 1.82) is 21.0 Å². The van der Waals surface area contributed by atoms with Gasteiger partial charge in [0.1, 0.15) is 29.3 Å². The molecule has 6 rings (SSSR count). The Morgan fingerprint density at radius 1 is 0.750 bits per heavy atom. The summed E-state index contributed by atoms with van der Waals surface area (Å²) in [6.45, 7) is 0. The van der Waals surface area contributed by atoms with E-state index in [1.54, 1.807) is 22.7 Å². The van der Waals surface area contributed by atoms with Gasteiger partial charge in [-0.3, -0.25) is 0 Å². The molecule has 176 valence electrons. The Hall–Kier alpha value is -3.56. The minimum atomic E-state index is -0.231. The maximum atomic E-state index is 9.48. The summed E-state index contributed by atoms with van der Waals surface area (Å²) in [7, 11) is 0. The molecule has 36 heavy (non-hydrogen) atoms. The van der Waals surface area contributed by atoms with E-state index in [1.807, 2.05) is 30.3 Å². The number of thiophene rings is 2. The summed E-state index contributed by atoms with van der Waals surface area (Å²) in [6.07, 6.45) is 13.4. The van der Waals surface area contributed by atoms with E-state index in [1.165, 1.54) is 39.1 Å². The van der Waals surface area contributed by atoms with Crippen molar-refractivity contribution in [3.05, 3.63) is 33.9 Å². The van der Waals surface area contributed by atoms with Crippen molar-refractivity contribution in [3.8, 4) is 24.3 Å². The Labute approximate surface area is 217 Å². The number of nitriles is 4. The van der Waals surface area contributed by atoms with E-state index in [0.29, 0.717) is 5.00 Å². The van der Waals surface area contributed by atoms with Gasteiger partial charge in [0.15, 0.2) is 0 Å². The molecular weight excluding hydrogens is 484 g/mol. The first-order valence-electron chi connectivity index (χ1n) is 12.4. The Morgan fingerprint density at radius 2 is 1.33 bits per heavy atom. The standard InChI is InChI=1S/C28H22N6S2/c29-13-17(14-30)33-21-11-19-23(28(21)9-5-2-6-10-28)26-24(27(19)7-3-1-4-8-27)25-20(35-26)12-22(36-25)34-18(15-31)16-32/h11-12H,1-10H2. The maximum absolute atomic E-state index is 9.48. The van der Waals surface area contributed by atoms with Crippen LogP contribution in [0.5, 0.6) is 0 Å².